The van der Waals surface area contributed by atoms with E-state index in [-0.39, 0.29) is 56.9 Å². The number of phenols is 1. The first kappa shape index (κ1) is 38.1. The van der Waals surface area contributed by atoms with Crippen LogP contribution in [-0.2, 0) is 28.2 Å². The summed E-state index contributed by atoms with van der Waals surface area (Å²) in [5, 5.41) is 65.7. The molecule has 12 nitrogen and oxygen atoms in total. The number of esters is 1. The average Bonchev–Trinajstić information content (AvgIpc) is 3.63. The molecule has 0 bridgehead atoms. The van der Waals surface area contributed by atoms with Gasteiger partial charge in [0.25, 0.3) is 0 Å². The molecule has 2 fully saturated rings. The molecule has 0 spiro atoms. The molecule has 55 heavy (non-hydrogen) atoms. The number of hydrogen-bond acceptors (Lipinski definition) is 12. The van der Waals surface area contributed by atoms with Crippen LogP contribution in [0.5, 0.6) is 17.2 Å². The molecule has 0 radical (unpaired) electrons. The highest BCUT2D eigenvalue weighted by molar-refractivity contribution is 6.31. The van der Waals surface area contributed by atoms with Crippen molar-refractivity contribution in [2.75, 3.05) is 0 Å². The molecule has 0 aromatic heterocycles. The Balaban J connectivity index is 1.41. The number of carbonyl (C=O) groups excluding carboxylic acids is 3. The number of ether oxygens (including phenoxy) is 3. The molecule has 286 valence electrons. The largest absolute Gasteiger partial charge is 0.507 e. The number of benzene rings is 4. The zero-order valence-electron chi connectivity index (χ0n) is 30.3. The Hall–Kier alpha value is -5.21. The first-order valence-corrected chi connectivity index (χ1v) is 18.2. The van der Waals surface area contributed by atoms with Gasteiger partial charge in [0.1, 0.15) is 35.6 Å². The number of rotatable bonds is 9. The van der Waals surface area contributed by atoms with Crippen LogP contribution in [0.4, 0.5) is 0 Å². The van der Waals surface area contributed by atoms with Crippen LogP contribution >= 0.6 is 0 Å². The zero-order chi connectivity index (χ0) is 39.2. The number of phenolic OH excluding ortho intramolecular Hbond substituents is 1. The van der Waals surface area contributed by atoms with E-state index < -0.39 is 66.2 Å². The first-order chi connectivity index (χ1) is 26.3. The minimum absolute atomic E-state index is 0.00819. The van der Waals surface area contributed by atoms with Gasteiger partial charge in [0, 0.05) is 41.2 Å². The van der Waals surface area contributed by atoms with Crippen molar-refractivity contribution < 1.29 is 59.2 Å². The number of aliphatic hydroxyl groups is 5. The third-order valence-electron chi connectivity index (χ3n) is 10.7. The summed E-state index contributed by atoms with van der Waals surface area (Å²) in [7, 11) is 0. The predicted molar refractivity (Wildman–Crippen MR) is 199 cm³/mol. The van der Waals surface area contributed by atoms with E-state index in [2.05, 4.69) is 0 Å². The first-order valence-electron chi connectivity index (χ1n) is 18.2. The monoisotopic (exact) mass is 750 g/mol. The fraction of sp³-hybridized carbons (Fsp3) is 0.326. The fourth-order valence-corrected chi connectivity index (χ4v) is 7.78. The maximum Gasteiger partial charge on any atom is 0.308 e. The molecule has 4 aromatic carbocycles. The lowest BCUT2D eigenvalue weighted by Gasteiger charge is -2.39. The van der Waals surface area contributed by atoms with E-state index in [9.17, 15) is 45.0 Å². The molecule has 1 saturated heterocycles. The number of hydrogen-bond donors (Lipinski definition) is 6. The van der Waals surface area contributed by atoms with Crippen LogP contribution in [0.1, 0.15) is 105 Å². The van der Waals surface area contributed by atoms with E-state index >= 15 is 0 Å². The highest BCUT2D eigenvalue weighted by Crippen LogP contribution is 2.46. The van der Waals surface area contributed by atoms with Gasteiger partial charge in [-0.05, 0) is 60.2 Å². The second-order valence-corrected chi connectivity index (χ2v) is 14.4. The minimum atomic E-state index is -1.75. The van der Waals surface area contributed by atoms with Gasteiger partial charge in [-0.15, -0.1) is 0 Å². The molecule has 1 heterocycles. The summed E-state index contributed by atoms with van der Waals surface area (Å²) in [6, 6.07) is 18.8. The highest BCUT2D eigenvalue weighted by atomic mass is 16.7. The normalized spacial score (nSPS) is 23.1. The minimum Gasteiger partial charge on any atom is -0.507 e. The lowest BCUT2D eigenvalue weighted by molar-refractivity contribution is -0.268. The van der Waals surface area contributed by atoms with E-state index in [1.54, 1.807) is 24.3 Å². The third-order valence-corrected chi connectivity index (χ3v) is 10.7. The summed E-state index contributed by atoms with van der Waals surface area (Å²) < 4.78 is 17.4. The SMILES string of the molecule is CC(=O)Oc1cc(CO)c2c(c1C=Cc1ccccc1)C(=O)c1cc(O[C@H]3O[C@H](C)[C@@H](O)[C@@H](O)[C@H]3O)c(Cc3cccc(C4(O)CCCC4)c3)c(O)c1C2=O. The van der Waals surface area contributed by atoms with Gasteiger partial charge in [0.05, 0.1) is 23.9 Å². The number of aliphatic hydroxyl groups excluding tert-OH is 4. The van der Waals surface area contributed by atoms with Gasteiger partial charge in [0.2, 0.25) is 6.29 Å². The van der Waals surface area contributed by atoms with Crippen molar-refractivity contribution in [3.63, 3.8) is 0 Å². The van der Waals surface area contributed by atoms with E-state index in [4.69, 9.17) is 14.2 Å². The molecule has 7 rings (SSSR count). The molecule has 1 aliphatic heterocycles. The highest BCUT2D eigenvalue weighted by Gasteiger charge is 2.45. The van der Waals surface area contributed by atoms with Crippen LogP contribution < -0.4 is 9.47 Å². The van der Waals surface area contributed by atoms with E-state index in [0.717, 1.165) is 18.4 Å². The van der Waals surface area contributed by atoms with Crippen molar-refractivity contribution >= 4 is 29.7 Å². The van der Waals surface area contributed by atoms with Gasteiger partial charge in [-0.1, -0.05) is 73.5 Å². The Bertz CT molecular complexity index is 2190. The molecule has 2 aliphatic carbocycles. The number of fused-ring (bicyclic) bond motifs is 2. The van der Waals surface area contributed by atoms with Crippen LogP contribution in [0.15, 0.2) is 66.7 Å². The Morgan fingerprint density at radius 1 is 0.873 bits per heavy atom. The zero-order valence-corrected chi connectivity index (χ0v) is 30.3. The predicted octanol–water partition coefficient (Wildman–Crippen LogP) is 4.31. The number of ketones is 2. The molecule has 4 aromatic rings. The van der Waals surface area contributed by atoms with Gasteiger partial charge < -0.3 is 44.8 Å². The van der Waals surface area contributed by atoms with Crippen LogP contribution in [0.2, 0.25) is 0 Å². The Morgan fingerprint density at radius 2 is 1.60 bits per heavy atom. The van der Waals surface area contributed by atoms with Gasteiger partial charge >= 0.3 is 5.97 Å². The Kier molecular flexibility index (Phi) is 10.5. The smallest absolute Gasteiger partial charge is 0.308 e. The maximum atomic E-state index is 14.7. The Labute approximate surface area is 316 Å². The summed E-state index contributed by atoms with van der Waals surface area (Å²) in [6.45, 7) is 1.95. The van der Waals surface area contributed by atoms with Crippen LogP contribution in [0.3, 0.4) is 0 Å². The van der Waals surface area contributed by atoms with Gasteiger partial charge in [-0.2, -0.15) is 0 Å². The molecule has 0 unspecified atom stereocenters. The molecule has 12 heteroatoms. The summed E-state index contributed by atoms with van der Waals surface area (Å²) in [5.74, 6) is -3.08. The van der Waals surface area contributed by atoms with Crippen LogP contribution in [-0.4, -0.2) is 78.9 Å². The third kappa shape index (κ3) is 7.08. The second-order valence-electron chi connectivity index (χ2n) is 14.4. The topological polar surface area (TPSA) is 200 Å². The summed E-state index contributed by atoms with van der Waals surface area (Å²) >= 11 is 0. The molecule has 3 aliphatic rings. The molecular formula is C43H42O12. The van der Waals surface area contributed by atoms with Crippen molar-refractivity contribution in [1.29, 1.82) is 0 Å². The average molecular weight is 751 g/mol. The van der Waals surface area contributed by atoms with Crippen molar-refractivity contribution in [1.82, 2.24) is 0 Å². The van der Waals surface area contributed by atoms with Crippen LogP contribution in [0.25, 0.3) is 12.2 Å². The summed E-state index contributed by atoms with van der Waals surface area (Å²) in [4.78, 5) is 41.6. The van der Waals surface area contributed by atoms with Crippen molar-refractivity contribution in [3.05, 3.63) is 122 Å². The number of carbonyl (C=O) groups is 3. The van der Waals surface area contributed by atoms with E-state index in [1.807, 2.05) is 36.4 Å². The molecular weight excluding hydrogens is 708 g/mol. The van der Waals surface area contributed by atoms with Crippen molar-refractivity contribution in [2.45, 2.75) is 88.9 Å². The van der Waals surface area contributed by atoms with Gasteiger partial charge in [-0.3, -0.25) is 14.4 Å². The summed E-state index contributed by atoms with van der Waals surface area (Å²) in [5.41, 5.74) is 0.146. The lowest BCUT2D eigenvalue weighted by Crippen LogP contribution is -2.58. The molecule has 5 atom stereocenters. The molecule has 6 N–H and O–H groups in total. The quantitative estimate of drug-likeness (QED) is 0.0710. The summed E-state index contributed by atoms with van der Waals surface area (Å²) in [6.07, 6.45) is -1.35. The van der Waals surface area contributed by atoms with Gasteiger partial charge in [-0.25, -0.2) is 0 Å². The standard InChI is InChI=1S/C43H42O12/c1-22-36(46)40(50)41(51)42(53-22)55-32-20-30-35(37(47)29(32)18-25-11-8-12-27(17-25)43(52)15-6-7-16-43)39(49)33-26(21-44)19-31(54-23(2)45)28(34(33)38(30)48)14-13-24-9-4-3-5-10-24/h3-5,8-14,17,19-20,22,36,40-42,44,46-47,50-52H,6-7,15-16,18,21H2,1-2H3/t22-,36-,40-,41-,42-/m1/s1. The van der Waals surface area contributed by atoms with Crippen molar-refractivity contribution in [2.24, 2.45) is 0 Å². The van der Waals surface area contributed by atoms with E-state index in [0.29, 0.717) is 24.0 Å². The maximum absolute atomic E-state index is 14.7. The fourth-order valence-electron chi connectivity index (χ4n) is 7.78. The Morgan fingerprint density at radius 3 is 2.29 bits per heavy atom. The lowest BCUT2D eigenvalue weighted by atomic mass is 9.77. The molecule has 0 amide bonds. The second kappa shape index (κ2) is 15.1. The van der Waals surface area contributed by atoms with Crippen molar-refractivity contribution in [3.8, 4) is 17.2 Å². The van der Waals surface area contributed by atoms with E-state index in [1.165, 1.54) is 32.1 Å². The number of aromatic hydroxyl groups is 1. The van der Waals surface area contributed by atoms with Gasteiger partial charge in [0.15, 0.2) is 11.6 Å². The molecule has 1 saturated carbocycles. The van der Waals surface area contributed by atoms with Crippen LogP contribution in [0, 0.1) is 0 Å².